The van der Waals surface area contributed by atoms with E-state index >= 15 is 0 Å². The summed E-state index contributed by atoms with van der Waals surface area (Å²) < 4.78 is 39.4. The van der Waals surface area contributed by atoms with Crippen molar-refractivity contribution in [2.45, 2.75) is 19.5 Å². The maximum absolute atomic E-state index is 11.8. The van der Waals surface area contributed by atoms with Gasteiger partial charge in [-0.1, -0.05) is 6.92 Å². The molecule has 0 atom stereocenters. The van der Waals surface area contributed by atoms with E-state index in [9.17, 15) is 22.8 Å². The van der Waals surface area contributed by atoms with Crippen LogP contribution >= 0.6 is 0 Å². The summed E-state index contributed by atoms with van der Waals surface area (Å²) in [6.45, 7) is 0.0470. The molecule has 1 aromatic carbocycles. The molecule has 8 heteroatoms. The number of hydrogen-bond acceptors (Lipinski definition) is 3. The highest BCUT2D eigenvalue weighted by molar-refractivity contribution is 5.91. The molecule has 0 saturated carbocycles. The highest BCUT2D eigenvalue weighted by Crippen LogP contribution is 2.16. The summed E-state index contributed by atoms with van der Waals surface area (Å²) in [5, 5.41) is 4.72. The van der Waals surface area contributed by atoms with Crippen LogP contribution in [0.15, 0.2) is 24.3 Å². The molecule has 0 radical (unpaired) electrons. The fraction of sp³-hybridized carbons (Fsp3) is 0.333. The number of amides is 2. The predicted octanol–water partition coefficient (Wildman–Crippen LogP) is 3.15. The van der Waals surface area contributed by atoms with Crippen LogP contribution in [0.3, 0.4) is 0 Å². The molecule has 0 aliphatic heterocycles. The number of hydrogen-bond donors (Lipinski definition) is 2. The minimum atomic E-state index is -4.56. The second kappa shape index (κ2) is 6.78. The Balaban J connectivity index is 2.49. The van der Waals surface area contributed by atoms with Crippen molar-refractivity contribution in [1.29, 1.82) is 0 Å². The molecule has 1 aromatic rings. The van der Waals surface area contributed by atoms with Crippen molar-refractivity contribution in [3.63, 3.8) is 0 Å². The average molecular weight is 290 g/mol. The van der Waals surface area contributed by atoms with Crippen LogP contribution in [-0.4, -0.2) is 24.8 Å². The fourth-order valence-corrected chi connectivity index (χ4v) is 1.19. The molecule has 0 spiro atoms. The van der Waals surface area contributed by atoms with Crippen molar-refractivity contribution in [3.05, 3.63) is 24.3 Å². The number of alkyl halides is 3. The van der Waals surface area contributed by atoms with Gasteiger partial charge in [0, 0.05) is 17.8 Å². The Morgan fingerprint density at radius 2 is 1.60 bits per heavy atom. The summed E-state index contributed by atoms with van der Waals surface area (Å²) in [4.78, 5) is 22.2. The molecule has 0 heterocycles. The lowest BCUT2D eigenvalue weighted by molar-refractivity contribution is -0.159. The lowest BCUT2D eigenvalue weighted by Gasteiger charge is -2.09. The van der Waals surface area contributed by atoms with E-state index in [0.717, 1.165) is 0 Å². The molecule has 20 heavy (non-hydrogen) atoms. The van der Waals surface area contributed by atoms with Crippen LogP contribution < -0.4 is 10.6 Å². The Hall–Kier alpha value is -2.25. The number of anilines is 2. The third kappa shape index (κ3) is 6.07. The molecule has 0 aromatic heterocycles. The van der Waals surface area contributed by atoms with Crippen LogP contribution in [0.25, 0.3) is 0 Å². The maximum atomic E-state index is 11.8. The van der Waals surface area contributed by atoms with Gasteiger partial charge in [0.05, 0.1) is 0 Å². The minimum Gasteiger partial charge on any atom is -0.440 e. The van der Waals surface area contributed by atoms with Gasteiger partial charge < -0.3 is 10.1 Å². The van der Waals surface area contributed by atoms with Gasteiger partial charge in [0.1, 0.15) is 0 Å². The highest BCUT2D eigenvalue weighted by atomic mass is 19.4. The van der Waals surface area contributed by atoms with Crippen LogP contribution in [-0.2, 0) is 9.53 Å². The van der Waals surface area contributed by atoms with E-state index in [1.165, 1.54) is 24.3 Å². The topological polar surface area (TPSA) is 67.4 Å². The summed E-state index contributed by atoms with van der Waals surface area (Å²) in [7, 11) is 0. The predicted molar refractivity (Wildman–Crippen MR) is 66.4 cm³/mol. The Morgan fingerprint density at radius 3 is 2.05 bits per heavy atom. The first-order valence-corrected chi connectivity index (χ1v) is 5.70. The van der Waals surface area contributed by atoms with Crippen molar-refractivity contribution in [3.8, 4) is 0 Å². The average Bonchev–Trinajstić information content (AvgIpc) is 2.38. The van der Waals surface area contributed by atoms with Gasteiger partial charge in [-0.05, 0) is 24.3 Å². The largest absolute Gasteiger partial charge is 0.440 e. The Bertz CT molecular complexity index is 472. The Kier molecular flexibility index (Phi) is 5.36. The van der Waals surface area contributed by atoms with E-state index in [2.05, 4.69) is 15.4 Å². The molecule has 5 nitrogen and oxygen atoms in total. The van der Waals surface area contributed by atoms with Crippen molar-refractivity contribution < 1.29 is 27.5 Å². The second-order valence-corrected chi connectivity index (χ2v) is 3.80. The molecule has 0 unspecified atom stereocenters. The normalized spacial score (nSPS) is 10.8. The smallest absolute Gasteiger partial charge is 0.422 e. The summed E-state index contributed by atoms with van der Waals surface area (Å²) in [6.07, 6.45) is -5.44. The van der Waals surface area contributed by atoms with E-state index in [0.29, 0.717) is 12.1 Å². The van der Waals surface area contributed by atoms with Crippen molar-refractivity contribution in [2.75, 3.05) is 17.2 Å². The van der Waals surface area contributed by atoms with E-state index in [-0.39, 0.29) is 11.6 Å². The van der Waals surface area contributed by atoms with Gasteiger partial charge in [0.25, 0.3) is 0 Å². The number of rotatable bonds is 4. The lowest BCUT2D eigenvalue weighted by Crippen LogP contribution is -2.23. The number of carbonyl (C=O) groups is 2. The first-order chi connectivity index (χ1) is 9.30. The molecule has 0 saturated heterocycles. The zero-order valence-corrected chi connectivity index (χ0v) is 10.6. The van der Waals surface area contributed by atoms with Gasteiger partial charge in [-0.2, -0.15) is 13.2 Å². The summed E-state index contributed by atoms with van der Waals surface area (Å²) in [5.74, 6) is -0.171. The van der Waals surface area contributed by atoms with E-state index in [1.54, 1.807) is 6.92 Å². The molecule has 0 aliphatic rings. The van der Waals surface area contributed by atoms with E-state index in [4.69, 9.17) is 0 Å². The summed E-state index contributed by atoms with van der Waals surface area (Å²) >= 11 is 0. The van der Waals surface area contributed by atoms with Gasteiger partial charge in [0.15, 0.2) is 6.61 Å². The zero-order chi connectivity index (χ0) is 15.2. The molecule has 2 amide bonds. The molecular formula is C12H13F3N2O3. The molecule has 110 valence electrons. The van der Waals surface area contributed by atoms with Gasteiger partial charge in [-0.25, -0.2) is 4.79 Å². The molecule has 0 bridgehead atoms. The van der Waals surface area contributed by atoms with Crippen LogP contribution in [0.2, 0.25) is 0 Å². The Labute approximate surface area is 113 Å². The van der Waals surface area contributed by atoms with Crippen molar-refractivity contribution >= 4 is 23.4 Å². The van der Waals surface area contributed by atoms with Crippen molar-refractivity contribution in [1.82, 2.24) is 0 Å². The standard InChI is InChI=1S/C12H13F3N2O3/c1-2-10(18)16-8-3-5-9(6-4-8)17-11(19)20-7-12(13,14)15/h3-6H,2,7H2,1H3,(H,16,18)(H,17,19). The monoisotopic (exact) mass is 290 g/mol. The van der Waals surface area contributed by atoms with Gasteiger partial charge >= 0.3 is 12.3 Å². The van der Waals surface area contributed by atoms with Crippen LogP contribution in [0.4, 0.5) is 29.3 Å². The summed E-state index contributed by atoms with van der Waals surface area (Å²) in [6, 6.07) is 5.88. The molecule has 1 rings (SSSR count). The first-order valence-electron chi connectivity index (χ1n) is 5.70. The first kappa shape index (κ1) is 15.8. The van der Waals surface area contributed by atoms with E-state index < -0.39 is 18.9 Å². The Morgan fingerprint density at radius 1 is 1.10 bits per heavy atom. The SMILES string of the molecule is CCC(=O)Nc1ccc(NC(=O)OCC(F)(F)F)cc1. The molecule has 0 aliphatic carbocycles. The zero-order valence-electron chi connectivity index (χ0n) is 10.6. The third-order valence-electron chi connectivity index (χ3n) is 2.10. The number of benzene rings is 1. The molecule has 2 N–H and O–H groups in total. The van der Waals surface area contributed by atoms with Gasteiger partial charge in [-0.15, -0.1) is 0 Å². The third-order valence-corrected chi connectivity index (χ3v) is 2.10. The lowest BCUT2D eigenvalue weighted by atomic mass is 10.2. The van der Waals surface area contributed by atoms with E-state index in [1.807, 2.05) is 0 Å². The fourth-order valence-electron chi connectivity index (χ4n) is 1.19. The van der Waals surface area contributed by atoms with Crippen LogP contribution in [0.1, 0.15) is 13.3 Å². The molecule has 0 fully saturated rings. The summed E-state index contributed by atoms with van der Waals surface area (Å²) in [5.41, 5.74) is 0.776. The van der Waals surface area contributed by atoms with Crippen molar-refractivity contribution in [2.24, 2.45) is 0 Å². The number of carbonyl (C=O) groups excluding carboxylic acids is 2. The highest BCUT2D eigenvalue weighted by Gasteiger charge is 2.29. The quantitative estimate of drug-likeness (QED) is 0.895. The number of nitrogens with one attached hydrogen (secondary N) is 2. The minimum absolute atomic E-state index is 0.171. The van der Waals surface area contributed by atoms with Crippen LogP contribution in [0.5, 0.6) is 0 Å². The number of ether oxygens (including phenoxy) is 1. The van der Waals surface area contributed by atoms with Gasteiger partial charge in [0.2, 0.25) is 5.91 Å². The second-order valence-electron chi connectivity index (χ2n) is 3.80. The number of halogens is 3. The maximum Gasteiger partial charge on any atom is 0.422 e. The molecular weight excluding hydrogens is 277 g/mol. The van der Waals surface area contributed by atoms with Gasteiger partial charge in [-0.3, -0.25) is 10.1 Å². The van der Waals surface area contributed by atoms with Crippen LogP contribution in [0, 0.1) is 0 Å².